The normalized spacial score (nSPS) is 11.5. The van der Waals surface area contributed by atoms with E-state index in [9.17, 15) is 9.59 Å². The van der Waals surface area contributed by atoms with Gasteiger partial charge in [0.25, 0.3) is 0 Å². The minimum absolute atomic E-state index is 0.134. The van der Waals surface area contributed by atoms with Gasteiger partial charge in [0.15, 0.2) is 0 Å². The summed E-state index contributed by atoms with van der Waals surface area (Å²) in [5.74, 6) is -0.273. The van der Waals surface area contributed by atoms with Gasteiger partial charge in [0, 0.05) is 12.8 Å². The lowest BCUT2D eigenvalue weighted by molar-refractivity contribution is -0.146. The maximum Gasteiger partial charge on any atom is 0.305 e. The highest BCUT2D eigenvalue weighted by Gasteiger charge is 2.05. The predicted octanol–water partition coefficient (Wildman–Crippen LogP) is 9.64. The molecule has 0 bridgehead atoms. The molecule has 0 heterocycles. The van der Waals surface area contributed by atoms with Gasteiger partial charge in [-0.05, 0) is 12.8 Å². The van der Waals surface area contributed by atoms with Crippen LogP contribution in [0, 0.1) is 0 Å². The van der Waals surface area contributed by atoms with Gasteiger partial charge < -0.3 is 56.8 Å². The highest BCUT2D eigenvalue weighted by atomic mass is 16.6. The average molecular weight is 923 g/mol. The van der Waals surface area contributed by atoms with Crippen LogP contribution in [0.4, 0.5) is 0 Å². The van der Waals surface area contributed by atoms with Crippen LogP contribution in [0.15, 0.2) is 0 Å². The number of rotatable bonds is 57. The predicted molar refractivity (Wildman–Crippen MR) is 252 cm³/mol. The second-order valence-electron chi connectivity index (χ2n) is 16.1. The number of unbranched alkanes of at least 4 members (excludes halogenated alkanes) is 20. The van der Waals surface area contributed by atoms with Crippen LogP contribution in [0.3, 0.4) is 0 Å². The Labute approximate surface area is 390 Å². The van der Waals surface area contributed by atoms with E-state index < -0.39 is 0 Å². The van der Waals surface area contributed by atoms with Crippen molar-refractivity contribution in [2.45, 2.75) is 168 Å². The quantitative estimate of drug-likeness (QED) is 0.0422. The monoisotopic (exact) mass is 923 g/mol. The minimum Gasteiger partial charge on any atom is -0.463 e. The van der Waals surface area contributed by atoms with E-state index in [-0.39, 0.29) is 25.2 Å². The molecule has 0 aliphatic carbocycles. The highest BCUT2D eigenvalue weighted by molar-refractivity contribution is 5.69. The van der Waals surface area contributed by atoms with E-state index in [1.807, 2.05) is 0 Å². The maximum atomic E-state index is 11.9. The summed E-state index contributed by atoms with van der Waals surface area (Å²) in [6, 6.07) is 0. The Morgan fingerprint density at radius 1 is 0.219 bits per heavy atom. The largest absolute Gasteiger partial charge is 0.463 e. The smallest absolute Gasteiger partial charge is 0.305 e. The molecule has 64 heavy (non-hydrogen) atoms. The summed E-state index contributed by atoms with van der Waals surface area (Å²) in [6.45, 7) is 14.5. The molecule has 0 atom stereocenters. The summed E-state index contributed by atoms with van der Waals surface area (Å²) < 4.78 is 65.5. The summed E-state index contributed by atoms with van der Waals surface area (Å²) in [5.41, 5.74) is 0. The lowest BCUT2D eigenvalue weighted by Crippen LogP contribution is -2.16. The molecule has 0 spiro atoms. The van der Waals surface area contributed by atoms with Crippen LogP contribution in [0.2, 0.25) is 0 Å². The van der Waals surface area contributed by atoms with Crippen molar-refractivity contribution in [3.05, 3.63) is 0 Å². The Morgan fingerprint density at radius 2 is 0.375 bits per heavy atom. The molecule has 0 aromatic rings. The fourth-order valence-corrected chi connectivity index (χ4v) is 6.52. The summed E-state index contributed by atoms with van der Waals surface area (Å²) in [6.07, 6.45) is 28.9. The summed E-state index contributed by atoms with van der Waals surface area (Å²) in [4.78, 5) is 23.7. The molecular weight excluding hydrogens is 825 g/mol. The number of hydrogen-bond acceptors (Lipinski definition) is 14. The van der Waals surface area contributed by atoms with Crippen molar-refractivity contribution in [2.75, 3.05) is 145 Å². The Bertz CT molecular complexity index is 899. The van der Waals surface area contributed by atoms with E-state index in [2.05, 4.69) is 13.8 Å². The van der Waals surface area contributed by atoms with E-state index in [4.69, 9.17) is 56.8 Å². The summed E-state index contributed by atoms with van der Waals surface area (Å²) >= 11 is 0. The third-order valence-electron chi connectivity index (χ3n) is 10.3. The van der Waals surface area contributed by atoms with Gasteiger partial charge >= 0.3 is 11.9 Å². The summed E-state index contributed by atoms with van der Waals surface area (Å²) in [7, 11) is 0. The Hall–Kier alpha value is -1.46. The molecule has 0 saturated heterocycles. The minimum atomic E-state index is -0.139. The zero-order valence-electron chi connectivity index (χ0n) is 41.2. The van der Waals surface area contributed by atoms with E-state index >= 15 is 0 Å². The standard InChI is InChI=1S/C50H98O14/c1-3-5-7-9-11-13-14-15-16-18-20-22-24-26-50(52)64-48-46-62-44-42-60-40-38-58-36-34-56-32-30-54-28-27-53-29-31-55-33-35-57-37-39-59-41-43-61-45-47-63-49(51)25-23-21-19-17-12-10-8-6-4-2/h3-48H2,1-2H3. The molecule has 0 aliphatic rings. The zero-order chi connectivity index (χ0) is 46.2. The zero-order valence-corrected chi connectivity index (χ0v) is 41.2. The van der Waals surface area contributed by atoms with Crippen molar-refractivity contribution < 1.29 is 66.4 Å². The first kappa shape index (κ1) is 62.5. The van der Waals surface area contributed by atoms with Crippen molar-refractivity contribution in [1.29, 1.82) is 0 Å². The Morgan fingerprint density at radius 3 is 0.562 bits per heavy atom. The van der Waals surface area contributed by atoms with Crippen LogP contribution < -0.4 is 0 Å². The van der Waals surface area contributed by atoms with Crippen molar-refractivity contribution in [3.63, 3.8) is 0 Å². The van der Waals surface area contributed by atoms with E-state index in [0.717, 1.165) is 25.7 Å². The van der Waals surface area contributed by atoms with Crippen LogP contribution in [-0.2, 0) is 66.4 Å². The molecule has 14 heteroatoms. The fraction of sp³-hybridized carbons (Fsp3) is 0.960. The van der Waals surface area contributed by atoms with Crippen LogP contribution in [-0.4, -0.2) is 157 Å². The van der Waals surface area contributed by atoms with E-state index in [1.165, 1.54) is 116 Å². The molecule has 382 valence electrons. The molecule has 0 fully saturated rings. The van der Waals surface area contributed by atoms with Crippen molar-refractivity contribution >= 4 is 11.9 Å². The molecule has 0 amide bonds. The molecule has 0 aliphatic heterocycles. The van der Waals surface area contributed by atoms with Gasteiger partial charge in [0.2, 0.25) is 0 Å². The van der Waals surface area contributed by atoms with Gasteiger partial charge in [-0.3, -0.25) is 9.59 Å². The molecular formula is C50H98O14. The number of ether oxygens (including phenoxy) is 12. The number of carbonyl (C=O) groups excluding carboxylic acids is 2. The molecule has 0 aromatic carbocycles. The molecule has 0 rings (SSSR count). The SMILES string of the molecule is CCCCCCCCCCCCCCCC(=O)OCCOCCOCCOCCOCCOCCOCCOCCOCCOCCOCCOC(=O)CCCCCCCCCCC. The number of esters is 2. The highest BCUT2D eigenvalue weighted by Crippen LogP contribution is 2.13. The van der Waals surface area contributed by atoms with Crippen molar-refractivity contribution in [2.24, 2.45) is 0 Å². The average Bonchev–Trinajstić information content (AvgIpc) is 3.30. The fourth-order valence-electron chi connectivity index (χ4n) is 6.52. The second-order valence-corrected chi connectivity index (χ2v) is 16.1. The molecule has 14 nitrogen and oxygen atoms in total. The maximum absolute atomic E-state index is 11.9. The molecule has 0 radical (unpaired) electrons. The van der Waals surface area contributed by atoms with Gasteiger partial charge in [0.1, 0.15) is 13.2 Å². The molecule has 0 N–H and O–H groups in total. The van der Waals surface area contributed by atoms with Crippen molar-refractivity contribution in [3.8, 4) is 0 Å². The van der Waals surface area contributed by atoms with Gasteiger partial charge in [-0.1, -0.05) is 142 Å². The van der Waals surface area contributed by atoms with Crippen LogP contribution in [0.1, 0.15) is 168 Å². The second kappa shape index (κ2) is 57.7. The Balaban J connectivity index is 3.15. The van der Waals surface area contributed by atoms with Gasteiger partial charge in [0.05, 0.1) is 132 Å². The van der Waals surface area contributed by atoms with Gasteiger partial charge in [-0.2, -0.15) is 0 Å². The molecule has 0 unspecified atom stereocenters. The van der Waals surface area contributed by atoms with E-state index in [0.29, 0.717) is 145 Å². The number of hydrogen-bond donors (Lipinski definition) is 0. The van der Waals surface area contributed by atoms with Gasteiger partial charge in [-0.25, -0.2) is 0 Å². The first-order valence-electron chi connectivity index (χ1n) is 25.8. The molecule has 0 aromatic heterocycles. The van der Waals surface area contributed by atoms with Gasteiger partial charge in [-0.15, -0.1) is 0 Å². The third-order valence-corrected chi connectivity index (χ3v) is 10.3. The molecule has 0 saturated carbocycles. The first-order valence-corrected chi connectivity index (χ1v) is 25.8. The lowest BCUT2D eigenvalue weighted by Gasteiger charge is -2.09. The van der Waals surface area contributed by atoms with Crippen molar-refractivity contribution in [1.82, 2.24) is 0 Å². The van der Waals surface area contributed by atoms with Crippen LogP contribution >= 0.6 is 0 Å². The van der Waals surface area contributed by atoms with E-state index in [1.54, 1.807) is 0 Å². The number of carbonyl (C=O) groups is 2. The first-order chi connectivity index (χ1) is 31.7. The lowest BCUT2D eigenvalue weighted by atomic mass is 10.0. The third kappa shape index (κ3) is 56.7. The van der Waals surface area contributed by atoms with Crippen LogP contribution in [0.5, 0.6) is 0 Å². The summed E-state index contributed by atoms with van der Waals surface area (Å²) in [5, 5.41) is 0. The Kier molecular flexibility index (Phi) is 56.4. The van der Waals surface area contributed by atoms with Crippen LogP contribution in [0.25, 0.3) is 0 Å². The topological polar surface area (TPSA) is 145 Å².